The number of methoxy groups -OCH3 is 1. The van der Waals surface area contributed by atoms with Crippen molar-refractivity contribution in [1.29, 1.82) is 0 Å². The predicted molar refractivity (Wildman–Crippen MR) is 73.3 cm³/mol. The maximum Gasteiger partial charge on any atom is 0.123 e. The van der Waals surface area contributed by atoms with Gasteiger partial charge in [0.2, 0.25) is 0 Å². The summed E-state index contributed by atoms with van der Waals surface area (Å²) >= 11 is 0. The second-order valence-electron chi connectivity index (χ2n) is 5.15. The summed E-state index contributed by atoms with van der Waals surface area (Å²) < 4.78 is 18.7. The third-order valence-corrected chi connectivity index (χ3v) is 3.33. The van der Waals surface area contributed by atoms with Crippen LogP contribution in [0, 0.1) is 5.82 Å². The first kappa shape index (κ1) is 15.1. The first-order chi connectivity index (χ1) is 8.49. The lowest BCUT2D eigenvalue weighted by molar-refractivity contribution is -0.00999. The van der Waals surface area contributed by atoms with E-state index in [0.29, 0.717) is 0 Å². The Labute approximate surface area is 110 Å². The fourth-order valence-corrected chi connectivity index (χ4v) is 1.92. The van der Waals surface area contributed by atoms with E-state index >= 15 is 0 Å². The molecule has 1 aromatic carbocycles. The van der Waals surface area contributed by atoms with E-state index in [2.05, 4.69) is 26.1 Å². The second kappa shape index (κ2) is 6.86. The Kier molecular flexibility index (Phi) is 5.76. The summed E-state index contributed by atoms with van der Waals surface area (Å²) in [7, 11) is 1.71. The molecule has 1 unspecified atom stereocenters. The summed E-state index contributed by atoms with van der Waals surface area (Å²) in [6, 6.07) is 6.94. The van der Waals surface area contributed by atoms with Crippen LogP contribution in [0.25, 0.3) is 0 Å². The Bertz CT molecular complexity index is 365. The molecule has 0 aliphatic heterocycles. The van der Waals surface area contributed by atoms with Gasteiger partial charge in [0.1, 0.15) is 5.82 Å². The third-order valence-electron chi connectivity index (χ3n) is 3.33. The van der Waals surface area contributed by atoms with Crippen molar-refractivity contribution in [3.8, 4) is 0 Å². The Morgan fingerprint density at radius 2 is 2.11 bits per heavy atom. The van der Waals surface area contributed by atoms with Gasteiger partial charge in [-0.05, 0) is 50.9 Å². The number of ether oxygens (including phenoxy) is 1. The lowest BCUT2D eigenvalue weighted by Gasteiger charge is -2.34. The van der Waals surface area contributed by atoms with Crippen LogP contribution in [0.2, 0.25) is 0 Å². The average Bonchev–Trinajstić information content (AvgIpc) is 2.34. The summed E-state index contributed by atoms with van der Waals surface area (Å²) in [6.45, 7) is 7.18. The van der Waals surface area contributed by atoms with Crippen molar-refractivity contribution in [3.63, 3.8) is 0 Å². The molecule has 2 nitrogen and oxygen atoms in total. The van der Waals surface area contributed by atoms with Crippen molar-refractivity contribution in [2.45, 2.75) is 45.3 Å². The van der Waals surface area contributed by atoms with Gasteiger partial charge in [-0.2, -0.15) is 0 Å². The maximum absolute atomic E-state index is 13.2. The fraction of sp³-hybridized carbons (Fsp3) is 0.600. The van der Waals surface area contributed by atoms with E-state index in [1.807, 2.05) is 6.07 Å². The van der Waals surface area contributed by atoms with E-state index in [9.17, 15) is 4.39 Å². The largest absolute Gasteiger partial charge is 0.377 e. The number of benzene rings is 1. The zero-order chi connectivity index (χ0) is 13.6. The van der Waals surface area contributed by atoms with Crippen LogP contribution in [-0.2, 0) is 11.2 Å². The summed E-state index contributed by atoms with van der Waals surface area (Å²) in [5, 5.41) is 3.48. The Hall–Kier alpha value is -0.930. The maximum atomic E-state index is 13.2. The van der Waals surface area contributed by atoms with Crippen molar-refractivity contribution < 1.29 is 9.13 Å². The number of hydrogen-bond donors (Lipinski definition) is 1. The van der Waals surface area contributed by atoms with Crippen LogP contribution < -0.4 is 5.32 Å². The molecule has 0 radical (unpaired) electrons. The molecule has 0 fully saturated rings. The van der Waals surface area contributed by atoms with Gasteiger partial charge in [-0.3, -0.25) is 0 Å². The Morgan fingerprint density at radius 1 is 1.39 bits per heavy atom. The molecule has 3 heteroatoms. The molecule has 1 atom stereocenters. The standard InChI is InChI=1S/C15H24FNO/c1-5-9-17-14(15(2,3)18-4)11-12-7-6-8-13(16)10-12/h6-8,10,14,17H,5,9,11H2,1-4H3. The van der Waals surface area contributed by atoms with Gasteiger partial charge in [-0.1, -0.05) is 19.1 Å². The van der Waals surface area contributed by atoms with E-state index in [-0.39, 0.29) is 17.5 Å². The van der Waals surface area contributed by atoms with Gasteiger partial charge in [0.15, 0.2) is 0 Å². The highest BCUT2D eigenvalue weighted by molar-refractivity contribution is 5.18. The van der Waals surface area contributed by atoms with E-state index in [1.165, 1.54) is 6.07 Å². The number of nitrogens with one attached hydrogen (secondary N) is 1. The van der Waals surface area contributed by atoms with Crippen LogP contribution in [0.1, 0.15) is 32.8 Å². The van der Waals surface area contributed by atoms with Crippen molar-refractivity contribution in [3.05, 3.63) is 35.6 Å². The van der Waals surface area contributed by atoms with Crippen LogP contribution in [0.4, 0.5) is 4.39 Å². The predicted octanol–water partition coefficient (Wildman–Crippen LogP) is 3.16. The highest BCUT2D eigenvalue weighted by Crippen LogP contribution is 2.18. The smallest absolute Gasteiger partial charge is 0.123 e. The zero-order valence-corrected chi connectivity index (χ0v) is 11.8. The van der Waals surface area contributed by atoms with Crippen LogP contribution >= 0.6 is 0 Å². The van der Waals surface area contributed by atoms with E-state index in [1.54, 1.807) is 19.2 Å². The summed E-state index contributed by atoms with van der Waals surface area (Å²) in [6.07, 6.45) is 1.83. The number of hydrogen-bond acceptors (Lipinski definition) is 2. The minimum atomic E-state index is -0.276. The third kappa shape index (κ3) is 4.39. The summed E-state index contributed by atoms with van der Waals surface area (Å²) in [5.74, 6) is -0.183. The fourth-order valence-electron chi connectivity index (χ4n) is 1.92. The molecule has 0 saturated heterocycles. The molecule has 1 rings (SSSR count). The van der Waals surface area contributed by atoms with E-state index in [4.69, 9.17) is 4.74 Å². The monoisotopic (exact) mass is 253 g/mol. The minimum absolute atomic E-state index is 0.171. The minimum Gasteiger partial charge on any atom is -0.377 e. The molecular formula is C15H24FNO. The average molecular weight is 253 g/mol. The summed E-state index contributed by atoms with van der Waals surface area (Å²) in [4.78, 5) is 0. The zero-order valence-electron chi connectivity index (χ0n) is 11.8. The van der Waals surface area contributed by atoms with Crippen molar-refractivity contribution in [2.75, 3.05) is 13.7 Å². The second-order valence-corrected chi connectivity index (χ2v) is 5.15. The molecule has 102 valence electrons. The van der Waals surface area contributed by atoms with Gasteiger partial charge in [0.25, 0.3) is 0 Å². The molecule has 0 saturated carbocycles. The molecule has 0 amide bonds. The van der Waals surface area contributed by atoms with E-state index < -0.39 is 0 Å². The van der Waals surface area contributed by atoms with Gasteiger partial charge in [0, 0.05) is 13.2 Å². The molecule has 0 aliphatic rings. The van der Waals surface area contributed by atoms with Gasteiger partial charge in [-0.15, -0.1) is 0 Å². The number of rotatable bonds is 7. The van der Waals surface area contributed by atoms with Gasteiger partial charge >= 0.3 is 0 Å². The van der Waals surface area contributed by atoms with Crippen LogP contribution in [-0.4, -0.2) is 25.3 Å². The molecule has 0 aromatic heterocycles. The van der Waals surface area contributed by atoms with Crippen molar-refractivity contribution in [1.82, 2.24) is 5.32 Å². The molecule has 0 aliphatic carbocycles. The van der Waals surface area contributed by atoms with Crippen molar-refractivity contribution in [2.24, 2.45) is 0 Å². The van der Waals surface area contributed by atoms with Gasteiger partial charge in [-0.25, -0.2) is 4.39 Å². The van der Waals surface area contributed by atoms with Crippen LogP contribution in [0.5, 0.6) is 0 Å². The van der Waals surface area contributed by atoms with Crippen molar-refractivity contribution >= 4 is 0 Å². The topological polar surface area (TPSA) is 21.3 Å². The summed E-state index contributed by atoms with van der Waals surface area (Å²) in [5.41, 5.74) is 0.718. The SMILES string of the molecule is CCCNC(Cc1cccc(F)c1)C(C)(C)OC. The molecular weight excluding hydrogens is 229 g/mol. The Balaban J connectivity index is 2.78. The number of halogens is 1. The lowest BCUT2D eigenvalue weighted by atomic mass is 9.92. The molecule has 0 bridgehead atoms. The molecule has 18 heavy (non-hydrogen) atoms. The molecule has 0 spiro atoms. The highest BCUT2D eigenvalue weighted by Gasteiger charge is 2.28. The normalized spacial score (nSPS) is 13.6. The Morgan fingerprint density at radius 3 is 2.67 bits per heavy atom. The van der Waals surface area contributed by atoms with Gasteiger partial charge in [0.05, 0.1) is 5.60 Å². The first-order valence-electron chi connectivity index (χ1n) is 6.52. The van der Waals surface area contributed by atoms with Gasteiger partial charge < -0.3 is 10.1 Å². The lowest BCUT2D eigenvalue weighted by Crippen LogP contribution is -2.49. The molecule has 0 heterocycles. The van der Waals surface area contributed by atoms with Crippen LogP contribution in [0.3, 0.4) is 0 Å². The molecule has 1 N–H and O–H groups in total. The quantitative estimate of drug-likeness (QED) is 0.806. The highest BCUT2D eigenvalue weighted by atomic mass is 19.1. The molecule has 1 aromatic rings. The van der Waals surface area contributed by atoms with E-state index in [0.717, 1.165) is 24.9 Å². The van der Waals surface area contributed by atoms with Crippen LogP contribution in [0.15, 0.2) is 24.3 Å². The first-order valence-corrected chi connectivity index (χ1v) is 6.52.